The summed E-state index contributed by atoms with van der Waals surface area (Å²) in [5.41, 5.74) is 4.26. The van der Waals surface area contributed by atoms with Gasteiger partial charge in [-0.25, -0.2) is 0 Å². The Labute approximate surface area is 92.3 Å². The third-order valence-corrected chi connectivity index (χ3v) is 4.06. The standard InChI is InChI=1S/C12H27NSi/c1-4-7-9-12(10-8-5-2)11-14-13-6-3/h11,13H,4-10,14H2,1-3H3. The van der Waals surface area contributed by atoms with Crippen molar-refractivity contribution in [3.05, 3.63) is 11.3 Å². The van der Waals surface area contributed by atoms with E-state index in [1.807, 2.05) is 0 Å². The molecule has 0 atom stereocenters. The zero-order valence-corrected chi connectivity index (χ0v) is 11.6. The lowest BCUT2D eigenvalue weighted by Gasteiger charge is -2.06. The second kappa shape index (κ2) is 11.0. The average Bonchev–Trinajstić information content (AvgIpc) is 2.21. The fraction of sp³-hybridized carbons (Fsp3) is 0.833. The van der Waals surface area contributed by atoms with Crippen LogP contribution in [-0.2, 0) is 0 Å². The van der Waals surface area contributed by atoms with Crippen LogP contribution in [0, 0.1) is 0 Å². The fourth-order valence-electron chi connectivity index (χ4n) is 1.50. The second-order valence-corrected chi connectivity index (χ2v) is 5.19. The zero-order chi connectivity index (χ0) is 10.6. The number of nitrogens with one attached hydrogen (secondary N) is 1. The van der Waals surface area contributed by atoms with Gasteiger partial charge in [0.2, 0.25) is 0 Å². The molecule has 0 aromatic carbocycles. The molecule has 0 unspecified atom stereocenters. The molecule has 1 nitrogen and oxygen atoms in total. The quantitative estimate of drug-likeness (QED) is 0.459. The van der Waals surface area contributed by atoms with Gasteiger partial charge < -0.3 is 4.98 Å². The van der Waals surface area contributed by atoms with Crippen LogP contribution in [0.4, 0.5) is 0 Å². The molecular formula is C12H27NSi. The van der Waals surface area contributed by atoms with Crippen molar-refractivity contribution in [1.82, 2.24) is 4.98 Å². The van der Waals surface area contributed by atoms with E-state index >= 15 is 0 Å². The van der Waals surface area contributed by atoms with E-state index in [0.29, 0.717) is 0 Å². The zero-order valence-electron chi connectivity index (χ0n) is 10.2. The largest absolute Gasteiger partial charge is 0.339 e. The maximum Gasteiger partial charge on any atom is 0.116 e. The summed E-state index contributed by atoms with van der Waals surface area (Å²) in [7, 11) is -0.104. The van der Waals surface area contributed by atoms with E-state index in [0.717, 1.165) is 6.54 Å². The molecule has 0 rings (SSSR count). The molecular weight excluding hydrogens is 186 g/mol. The van der Waals surface area contributed by atoms with Crippen molar-refractivity contribution in [2.75, 3.05) is 6.54 Å². The van der Waals surface area contributed by atoms with Crippen molar-refractivity contribution in [1.29, 1.82) is 0 Å². The molecule has 0 aliphatic rings. The van der Waals surface area contributed by atoms with Crippen molar-refractivity contribution in [2.45, 2.75) is 59.3 Å². The highest BCUT2D eigenvalue weighted by atomic mass is 28.2. The van der Waals surface area contributed by atoms with Crippen molar-refractivity contribution in [2.24, 2.45) is 0 Å². The summed E-state index contributed by atoms with van der Waals surface area (Å²) in [6, 6.07) is 0. The molecule has 0 fully saturated rings. The Kier molecular flexibility index (Phi) is 10.9. The van der Waals surface area contributed by atoms with Crippen LogP contribution in [0.2, 0.25) is 0 Å². The summed E-state index contributed by atoms with van der Waals surface area (Å²) in [6.07, 6.45) is 8.08. The number of unbranched alkanes of at least 4 members (excludes halogenated alkanes) is 2. The van der Waals surface area contributed by atoms with E-state index in [1.165, 1.54) is 38.5 Å². The van der Waals surface area contributed by atoms with Gasteiger partial charge in [0, 0.05) is 0 Å². The van der Waals surface area contributed by atoms with E-state index in [9.17, 15) is 0 Å². The van der Waals surface area contributed by atoms with Gasteiger partial charge in [0.25, 0.3) is 0 Å². The molecule has 0 aromatic rings. The first-order valence-corrected chi connectivity index (χ1v) is 7.76. The van der Waals surface area contributed by atoms with Gasteiger partial charge in [0.05, 0.1) is 0 Å². The van der Waals surface area contributed by atoms with Crippen LogP contribution in [-0.4, -0.2) is 16.2 Å². The van der Waals surface area contributed by atoms with Crippen molar-refractivity contribution in [3.63, 3.8) is 0 Å². The Bertz CT molecular complexity index is 133. The SMILES string of the molecule is CCCCC(=C[SiH2]NCC)CCCC. The van der Waals surface area contributed by atoms with E-state index in [-0.39, 0.29) is 9.68 Å². The summed E-state index contributed by atoms with van der Waals surface area (Å²) in [5.74, 6) is 0. The predicted octanol–water partition coefficient (Wildman–Crippen LogP) is 2.94. The molecule has 0 radical (unpaired) electrons. The number of hydrogen-bond acceptors (Lipinski definition) is 1. The molecule has 0 aliphatic carbocycles. The van der Waals surface area contributed by atoms with Crippen LogP contribution in [0.5, 0.6) is 0 Å². The Morgan fingerprint density at radius 1 is 1.07 bits per heavy atom. The highest BCUT2D eigenvalue weighted by Gasteiger charge is 1.96. The highest BCUT2D eigenvalue weighted by Crippen LogP contribution is 2.14. The lowest BCUT2D eigenvalue weighted by Crippen LogP contribution is -2.16. The van der Waals surface area contributed by atoms with E-state index in [2.05, 4.69) is 31.5 Å². The van der Waals surface area contributed by atoms with E-state index < -0.39 is 0 Å². The Hall–Kier alpha value is -0.0831. The molecule has 0 heterocycles. The maximum absolute atomic E-state index is 3.49. The molecule has 2 heteroatoms. The molecule has 0 saturated carbocycles. The van der Waals surface area contributed by atoms with Crippen LogP contribution >= 0.6 is 0 Å². The monoisotopic (exact) mass is 213 g/mol. The first-order chi connectivity index (χ1) is 6.85. The van der Waals surface area contributed by atoms with Gasteiger partial charge in [0.15, 0.2) is 0 Å². The first kappa shape index (κ1) is 13.9. The minimum Gasteiger partial charge on any atom is -0.339 e. The fourth-order valence-corrected chi connectivity index (χ4v) is 2.63. The molecule has 0 aromatic heterocycles. The van der Waals surface area contributed by atoms with Gasteiger partial charge in [-0.1, -0.05) is 44.9 Å². The smallest absolute Gasteiger partial charge is 0.116 e. The van der Waals surface area contributed by atoms with Crippen LogP contribution < -0.4 is 4.98 Å². The molecule has 84 valence electrons. The van der Waals surface area contributed by atoms with Crippen LogP contribution in [0.15, 0.2) is 11.3 Å². The Morgan fingerprint density at radius 2 is 1.64 bits per heavy atom. The molecule has 0 amide bonds. The van der Waals surface area contributed by atoms with Gasteiger partial charge in [-0.15, -0.1) is 0 Å². The first-order valence-electron chi connectivity index (χ1n) is 6.23. The van der Waals surface area contributed by atoms with E-state index in [4.69, 9.17) is 0 Å². The van der Waals surface area contributed by atoms with Crippen molar-refractivity contribution >= 4 is 9.68 Å². The number of allylic oxidation sites excluding steroid dienone is 1. The molecule has 0 spiro atoms. The van der Waals surface area contributed by atoms with Crippen molar-refractivity contribution in [3.8, 4) is 0 Å². The number of hydrogen-bond donors (Lipinski definition) is 1. The maximum atomic E-state index is 3.49. The summed E-state index contributed by atoms with van der Waals surface area (Å²) in [5, 5.41) is 0. The minimum atomic E-state index is -0.104. The molecule has 0 saturated heterocycles. The topological polar surface area (TPSA) is 12.0 Å². The van der Waals surface area contributed by atoms with Gasteiger partial charge in [0.1, 0.15) is 9.68 Å². The van der Waals surface area contributed by atoms with E-state index in [1.54, 1.807) is 5.57 Å². The number of rotatable bonds is 9. The second-order valence-electron chi connectivity index (χ2n) is 3.88. The van der Waals surface area contributed by atoms with Crippen LogP contribution in [0.3, 0.4) is 0 Å². The summed E-state index contributed by atoms with van der Waals surface area (Å²) >= 11 is 0. The van der Waals surface area contributed by atoms with Gasteiger partial charge in [-0.3, -0.25) is 0 Å². The van der Waals surface area contributed by atoms with Gasteiger partial charge in [-0.05, 0) is 32.2 Å². The highest BCUT2D eigenvalue weighted by molar-refractivity contribution is 6.39. The summed E-state index contributed by atoms with van der Waals surface area (Å²) in [6.45, 7) is 7.88. The normalized spacial score (nSPS) is 11.1. The predicted molar refractivity (Wildman–Crippen MR) is 69.4 cm³/mol. The van der Waals surface area contributed by atoms with Crippen LogP contribution in [0.25, 0.3) is 0 Å². The Balaban J connectivity index is 3.75. The molecule has 0 bridgehead atoms. The van der Waals surface area contributed by atoms with Gasteiger partial charge >= 0.3 is 0 Å². The molecule has 14 heavy (non-hydrogen) atoms. The van der Waals surface area contributed by atoms with Crippen molar-refractivity contribution < 1.29 is 0 Å². The summed E-state index contributed by atoms with van der Waals surface area (Å²) < 4.78 is 0. The lowest BCUT2D eigenvalue weighted by atomic mass is 10.1. The third kappa shape index (κ3) is 8.51. The average molecular weight is 213 g/mol. The summed E-state index contributed by atoms with van der Waals surface area (Å²) in [4.78, 5) is 3.49. The Morgan fingerprint density at radius 3 is 2.07 bits per heavy atom. The lowest BCUT2D eigenvalue weighted by molar-refractivity contribution is 0.714. The minimum absolute atomic E-state index is 0.104. The molecule has 1 N–H and O–H groups in total. The molecule has 0 aliphatic heterocycles. The third-order valence-electron chi connectivity index (χ3n) is 2.49. The van der Waals surface area contributed by atoms with Crippen LogP contribution in [0.1, 0.15) is 59.3 Å². The van der Waals surface area contributed by atoms with Gasteiger partial charge in [-0.2, -0.15) is 0 Å².